The third-order valence-electron chi connectivity index (χ3n) is 5.03. The molecule has 24 heavy (non-hydrogen) atoms. The Balaban J connectivity index is 1.71. The van der Waals surface area contributed by atoms with Crippen molar-refractivity contribution in [1.29, 1.82) is 0 Å². The van der Waals surface area contributed by atoms with Crippen molar-refractivity contribution in [3.8, 4) is 0 Å². The molecule has 1 unspecified atom stereocenters. The predicted octanol–water partition coefficient (Wildman–Crippen LogP) is 4.86. The van der Waals surface area contributed by atoms with Crippen LogP contribution in [0.4, 0.5) is 4.39 Å². The van der Waals surface area contributed by atoms with Gasteiger partial charge in [0.1, 0.15) is 5.82 Å². The van der Waals surface area contributed by atoms with Crippen LogP contribution in [0.3, 0.4) is 0 Å². The Labute approximate surface area is 143 Å². The standard InChI is InChI=1S/C21H24FNO/c1-14(2)16-4-6-17(7-5-16)15(3)23-20(24)21(12-13-21)18-8-10-19(22)11-9-18/h4-11,14-15H,12-13H2,1-3H3,(H,23,24). The Morgan fingerprint density at radius 1 is 0.958 bits per heavy atom. The van der Waals surface area contributed by atoms with Crippen LogP contribution in [0.1, 0.15) is 62.3 Å². The van der Waals surface area contributed by atoms with E-state index >= 15 is 0 Å². The van der Waals surface area contributed by atoms with E-state index in [2.05, 4.69) is 43.4 Å². The first-order chi connectivity index (χ1) is 11.4. The summed E-state index contributed by atoms with van der Waals surface area (Å²) in [5, 5.41) is 3.13. The summed E-state index contributed by atoms with van der Waals surface area (Å²) in [6.07, 6.45) is 1.65. The molecule has 3 heteroatoms. The lowest BCUT2D eigenvalue weighted by Gasteiger charge is -2.21. The molecule has 1 saturated carbocycles. The second kappa shape index (κ2) is 6.39. The molecule has 2 nitrogen and oxygen atoms in total. The Kier molecular flexibility index (Phi) is 4.44. The van der Waals surface area contributed by atoms with E-state index in [0.29, 0.717) is 5.92 Å². The van der Waals surface area contributed by atoms with Crippen molar-refractivity contribution >= 4 is 5.91 Å². The molecule has 1 atom stereocenters. The summed E-state index contributed by atoms with van der Waals surface area (Å²) in [6, 6.07) is 14.7. The summed E-state index contributed by atoms with van der Waals surface area (Å²) in [6.45, 7) is 6.34. The quantitative estimate of drug-likeness (QED) is 0.836. The van der Waals surface area contributed by atoms with Crippen LogP contribution in [0.2, 0.25) is 0 Å². The first kappa shape index (κ1) is 16.7. The highest BCUT2D eigenvalue weighted by Crippen LogP contribution is 2.48. The van der Waals surface area contributed by atoms with Gasteiger partial charge in [0.05, 0.1) is 11.5 Å². The molecule has 0 aliphatic heterocycles. The number of halogens is 1. The molecule has 1 fully saturated rings. The summed E-state index contributed by atoms with van der Waals surface area (Å²) in [7, 11) is 0. The SMILES string of the molecule is CC(C)c1ccc(C(C)NC(=O)C2(c3ccc(F)cc3)CC2)cc1. The van der Waals surface area contributed by atoms with Gasteiger partial charge in [-0.05, 0) is 54.5 Å². The minimum absolute atomic E-state index is 0.0366. The summed E-state index contributed by atoms with van der Waals surface area (Å²) in [5.74, 6) is 0.264. The van der Waals surface area contributed by atoms with Gasteiger partial charge in [-0.3, -0.25) is 4.79 Å². The Bertz CT molecular complexity index is 715. The normalized spacial score (nSPS) is 16.7. The van der Waals surface area contributed by atoms with Crippen molar-refractivity contribution in [2.45, 2.75) is 51.0 Å². The number of hydrogen-bond acceptors (Lipinski definition) is 1. The highest BCUT2D eigenvalue weighted by molar-refractivity contribution is 5.91. The van der Waals surface area contributed by atoms with E-state index in [4.69, 9.17) is 0 Å². The van der Waals surface area contributed by atoms with Gasteiger partial charge < -0.3 is 5.32 Å². The molecule has 3 rings (SSSR count). The van der Waals surface area contributed by atoms with Crippen molar-refractivity contribution in [3.63, 3.8) is 0 Å². The van der Waals surface area contributed by atoms with Crippen LogP contribution in [0, 0.1) is 5.82 Å². The Hall–Kier alpha value is -2.16. The molecule has 0 saturated heterocycles. The minimum atomic E-state index is -0.472. The maximum atomic E-state index is 13.1. The van der Waals surface area contributed by atoms with Gasteiger partial charge in [-0.25, -0.2) is 4.39 Å². The molecule has 1 amide bonds. The second-order valence-corrected chi connectivity index (χ2v) is 7.11. The maximum absolute atomic E-state index is 13.1. The van der Waals surface area contributed by atoms with E-state index in [-0.39, 0.29) is 17.8 Å². The monoisotopic (exact) mass is 325 g/mol. The highest BCUT2D eigenvalue weighted by Gasteiger charge is 2.51. The van der Waals surface area contributed by atoms with Crippen LogP contribution in [-0.2, 0) is 10.2 Å². The fourth-order valence-corrected chi connectivity index (χ4v) is 3.13. The summed E-state index contributed by atoms with van der Waals surface area (Å²) < 4.78 is 13.1. The van der Waals surface area contributed by atoms with Crippen molar-refractivity contribution in [2.75, 3.05) is 0 Å². The number of hydrogen-bond donors (Lipinski definition) is 1. The van der Waals surface area contributed by atoms with E-state index in [1.807, 2.05) is 6.92 Å². The summed E-state index contributed by atoms with van der Waals surface area (Å²) in [5.41, 5.74) is 2.83. The third kappa shape index (κ3) is 3.21. The van der Waals surface area contributed by atoms with Crippen LogP contribution in [-0.4, -0.2) is 5.91 Å². The molecule has 1 aliphatic carbocycles. The average molecular weight is 325 g/mol. The predicted molar refractivity (Wildman–Crippen MR) is 94.4 cm³/mol. The van der Waals surface area contributed by atoms with Gasteiger partial charge >= 0.3 is 0 Å². The number of carbonyl (C=O) groups is 1. The largest absolute Gasteiger partial charge is 0.349 e. The summed E-state index contributed by atoms with van der Waals surface area (Å²) >= 11 is 0. The van der Waals surface area contributed by atoms with Crippen LogP contribution in [0.25, 0.3) is 0 Å². The van der Waals surface area contributed by atoms with Gasteiger partial charge in [-0.2, -0.15) is 0 Å². The molecule has 0 spiro atoms. The molecule has 0 radical (unpaired) electrons. The molecule has 2 aromatic rings. The molecular weight excluding hydrogens is 301 g/mol. The molecule has 0 heterocycles. The van der Waals surface area contributed by atoms with Crippen LogP contribution < -0.4 is 5.32 Å². The van der Waals surface area contributed by atoms with E-state index < -0.39 is 5.41 Å². The van der Waals surface area contributed by atoms with Crippen molar-refractivity contribution in [1.82, 2.24) is 5.32 Å². The number of amides is 1. The lowest BCUT2D eigenvalue weighted by molar-refractivity contribution is -0.124. The highest BCUT2D eigenvalue weighted by atomic mass is 19.1. The zero-order valence-corrected chi connectivity index (χ0v) is 14.5. The third-order valence-corrected chi connectivity index (χ3v) is 5.03. The maximum Gasteiger partial charge on any atom is 0.231 e. The van der Waals surface area contributed by atoms with Gasteiger partial charge in [0.15, 0.2) is 0 Å². The van der Waals surface area contributed by atoms with E-state index in [1.54, 1.807) is 12.1 Å². The van der Waals surface area contributed by atoms with Gasteiger partial charge in [-0.1, -0.05) is 50.2 Å². The second-order valence-electron chi connectivity index (χ2n) is 7.11. The molecule has 126 valence electrons. The lowest BCUT2D eigenvalue weighted by Crippen LogP contribution is -2.36. The smallest absolute Gasteiger partial charge is 0.231 e. The molecule has 0 aromatic heterocycles. The number of rotatable bonds is 5. The van der Waals surface area contributed by atoms with Gasteiger partial charge in [0.25, 0.3) is 0 Å². The first-order valence-electron chi connectivity index (χ1n) is 8.59. The zero-order valence-electron chi connectivity index (χ0n) is 14.5. The van der Waals surface area contributed by atoms with Crippen molar-refractivity contribution < 1.29 is 9.18 Å². The van der Waals surface area contributed by atoms with Gasteiger partial charge in [0, 0.05) is 0 Å². The molecule has 0 bridgehead atoms. The molecule has 1 aliphatic rings. The first-order valence-corrected chi connectivity index (χ1v) is 8.59. The molecule has 2 aromatic carbocycles. The number of nitrogens with one attached hydrogen (secondary N) is 1. The summed E-state index contributed by atoms with van der Waals surface area (Å²) in [4.78, 5) is 12.8. The van der Waals surface area contributed by atoms with Crippen LogP contribution in [0.15, 0.2) is 48.5 Å². The van der Waals surface area contributed by atoms with E-state index in [0.717, 1.165) is 24.0 Å². The fraction of sp³-hybridized carbons (Fsp3) is 0.381. The average Bonchev–Trinajstić information content (AvgIpc) is 3.37. The topological polar surface area (TPSA) is 29.1 Å². The van der Waals surface area contributed by atoms with Crippen molar-refractivity contribution in [3.05, 3.63) is 71.0 Å². The number of carbonyl (C=O) groups excluding carboxylic acids is 1. The van der Waals surface area contributed by atoms with E-state index in [1.165, 1.54) is 17.7 Å². The van der Waals surface area contributed by atoms with Crippen molar-refractivity contribution in [2.24, 2.45) is 0 Å². The van der Waals surface area contributed by atoms with E-state index in [9.17, 15) is 9.18 Å². The Morgan fingerprint density at radius 2 is 1.50 bits per heavy atom. The van der Waals surface area contributed by atoms with Gasteiger partial charge in [-0.15, -0.1) is 0 Å². The molecule has 1 N–H and O–H groups in total. The minimum Gasteiger partial charge on any atom is -0.349 e. The van der Waals surface area contributed by atoms with Crippen LogP contribution >= 0.6 is 0 Å². The molecular formula is C21H24FNO. The Morgan fingerprint density at radius 3 is 2.00 bits per heavy atom. The van der Waals surface area contributed by atoms with Gasteiger partial charge in [0.2, 0.25) is 5.91 Å². The number of benzene rings is 2. The zero-order chi connectivity index (χ0) is 17.3. The van der Waals surface area contributed by atoms with Crippen LogP contribution in [0.5, 0.6) is 0 Å². The fourth-order valence-electron chi connectivity index (χ4n) is 3.13. The lowest BCUT2D eigenvalue weighted by atomic mass is 9.94.